The summed E-state index contributed by atoms with van der Waals surface area (Å²) in [5.74, 6) is -0.324. The molecule has 0 saturated carbocycles. The van der Waals surface area contributed by atoms with E-state index in [1.54, 1.807) is 18.2 Å². The third-order valence-corrected chi connectivity index (χ3v) is 2.87. The van der Waals surface area contributed by atoms with Gasteiger partial charge in [0.1, 0.15) is 0 Å². The first-order valence-electron chi connectivity index (χ1n) is 4.95. The van der Waals surface area contributed by atoms with Crippen molar-refractivity contribution >= 4 is 33.2 Å². The van der Waals surface area contributed by atoms with Gasteiger partial charge in [0.05, 0.1) is 11.4 Å². The van der Waals surface area contributed by atoms with Crippen molar-refractivity contribution in [3.63, 3.8) is 0 Å². The van der Waals surface area contributed by atoms with Gasteiger partial charge >= 0.3 is 0 Å². The summed E-state index contributed by atoms with van der Waals surface area (Å²) in [6.45, 7) is 0. The molecule has 0 saturated heterocycles. The molecular weight excluding hydrogens is 282 g/mol. The van der Waals surface area contributed by atoms with Gasteiger partial charge in [-0.3, -0.25) is 4.79 Å². The van der Waals surface area contributed by atoms with Crippen molar-refractivity contribution in [1.29, 1.82) is 0 Å². The topological polar surface area (TPSA) is 68.0 Å². The molecule has 1 amide bonds. The van der Waals surface area contributed by atoms with Crippen molar-refractivity contribution in [2.24, 2.45) is 0 Å². The van der Waals surface area contributed by atoms with Gasteiger partial charge < -0.3 is 11.1 Å². The number of rotatable bonds is 2. The van der Waals surface area contributed by atoms with Crippen LogP contribution in [0, 0.1) is 0 Å². The fraction of sp³-hybridized carbons (Fsp3) is 0. The molecule has 5 heteroatoms. The summed E-state index contributed by atoms with van der Waals surface area (Å²) >= 11 is 3.35. The second-order valence-electron chi connectivity index (χ2n) is 3.38. The van der Waals surface area contributed by atoms with Gasteiger partial charge in [-0.05, 0) is 40.2 Å². The molecule has 0 atom stereocenters. The number of nitrogens with one attached hydrogen (secondary N) is 1. The number of halogens is 1. The number of carbonyl (C=O) groups excluding carboxylic acids is 1. The van der Waals surface area contributed by atoms with Gasteiger partial charge in [-0.15, -0.1) is 0 Å². The molecule has 0 aliphatic rings. The fourth-order valence-corrected chi connectivity index (χ4v) is 1.74. The van der Waals surface area contributed by atoms with E-state index in [1.165, 1.54) is 6.20 Å². The van der Waals surface area contributed by atoms with Gasteiger partial charge in [0.25, 0.3) is 5.91 Å². The number of amides is 1. The highest BCUT2D eigenvalue weighted by Gasteiger charge is 2.11. The van der Waals surface area contributed by atoms with Crippen LogP contribution in [0.4, 0.5) is 11.4 Å². The second kappa shape index (κ2) is 4.97. The Morgan fingerprint density at radius 3 is 2.71 bits per heavy atom. The second-order valence-corrected chi connectivity index (χ2v) is 4.23. The standard InChI is InChI=1S/C12H10BrN3O/c13-8-4-1-2-6-10(8)16-12(17)11-9(14)5-3-7-15-11/h1-7H,14H2,(H,16,17). The molecule has 0 fully saturated rings. The SMILES string of the molecule is Nc1cccnc1C(=O)Nc1ccccc1Br. The van der Waals surface area contributed by atoms with Crippen molar-refractivity contribution in [2.75, 3.05) is 11.1 Å². The molecule has 4 nitrogen and oxygen atoms in total. The average Bonchev–Trinajstić information content (AvgIpc) is 2.32. The first-order chi connectivity index (χ1) is 8.18. The van der Waals surface area contributed by atoms with E-state index in [-0.39, 0.29) is 11.6 Å². The van der Waals surface area contributed by atoms with E-state index in [0.29, 0.717) is 11.4 Å². The normalized spacial score (nSPS) is 9.94. The first kappa shape index (κ1) is 11.6. The maximum absolute atomic E-state index is 11.9. The van der Waals surface area contributed by atoms with Crippen LogP contribution in [-0.2, 0) is 0 Å². The van der Waals surface area contributed by atoms with Crippen LogP contribution in [0.5, 0.6) is 0 Å². The minimum atomic E-state index is -0.324. The summed E-state index contributed by atoms with van der Waals surface area (Å²) in [5, 5.41) is 2.74. The number of anilines is 2. The molecule has 1 aromatic carbocycles. The number of nitrogens with two attached hydrogens (primary N) is 1. The van der Waals surface area contributed by atoms with Crippen molar-refractivity contribution in [2.45, 2.75) is 0 Å². The molecule has 0 aliphatic heterocycles. The predicted molar refractivity (Wildman–Crippen MR) is 70.7 cm³/mol. The molecule has 0 aliphatic carbocycles. The van der Waals surface area contributed by atoms with Crippen LogP contribution in [0.1, 0.15) is 10.5 Å². The zero-order chi connectivity index (χ0) is 12.3. The summed E-state index contributed by atoms with van der Waals surface area (Å²) in [6, 6.07) is 10.7. The third kappa shape index (κ3) is 2.62. The van der Waals surface area contributed by atoms with Crippen LogP contribution >= 0.6 is 15.9 Å². The Bertz CT molecular complexity index is 557. The van der Waals surface area contributed by atoms with E-state index in [2.05, 4.69) is 26.2 Å². The summed E-state index contributed by atoms with van der Waals surface area (Å²) in [4.78, 5) is 15.9. The minimum absolute atomic E-state index is 0.225. The Balaban J connectivity index is 2.24. The fourth-order valence-electron chi connectivity index (χ4n) is 1.35. The molecule has 0 unspecified atom stereocenters. The Labute approximate surface area is 107 Å². The highest BCUT2D eigenvalue weighted by Crippen LogP contribution is 2.22. The van der Waals surface area contributed by atoms with E-state index < -0.39 is 0 Å². The maximum Gasteiger partial charge on any atom is 0.276 e. The number of benzene rings is 1. The molecule has 0 spiro atoms. The van der Waals surface area contributed by atoms with Crippen LogP contribution in [0.2, 0.25) is 0 Å². The van der Waals surface area contributed by atoms with Crippen LogP contribution in [-0.4, -0.2) is 10.9 Å². The van der Waals surface area contributed by atoms with Crippen LogP contribution in [0.3, 0.4) is 0 Å². The summed E-state index contributed by atoms with van der Waals surface area (Å²) in [5.41, 5.74) is 6.94. The third-order valence-electron chi connectivity index (χ3n) is 2.18. The van der Waals surface area contributed by atoms with Gasteiger partial charge in [0.15, 0.2) is 5.69 Å². The largest absolute Gasteiger partial charge is 0.397 e. The Morgan fingerprint density at radius 2 is 2.00 bits per heavy atom. The summed E-state index contributed by atoms with van der Waals surface area (Å²) in [6.07, 6.45) is 1.53. The van der Waals surface area contributed by atoms with E-state index in [4.69, 9.17) is 5.73 Å². The maximum atomic E-state index is 11.9. The number of hydrogen-bond acceptors (Lipinski definition) is 3. The number of carbonyl (C=O) groups is 1. The molecule has 2 rings (SSSR count). The van der Waals surface area contributed by atoms with Crippen molar-refractivity contribution in [3.05, 3.63) is 52.8 Å². The molecule has 3 N–H and O–H groups in total. The summed E-state index contributed by atoms with van der Waals surface area (Å²) < 4.78 is 0.808. The molecule has 0 radical (unpaired) electrons. The molecule has 0 bridgehead atoms. The molecule has 86 valence electrons. The molecule has 1 heterocycles. The number of hydrogen-bond donors (Lipinski definition) is 2. The Morgan fingerprint density at radius 1 is 1.24 bits per heavy atom. The van der Waals surface area contributed by atoms with Gasteiger partial charge in [0.2, 0.25) is 0 Å². The number of nitrogen functional groups attached to an aromatic ring is 1. The lowest BCUT2D eigenvalue weighted by Gasteiger charge is -2.07. The lowest BCUT2D eigenvalue weighted by Crippen LogP contribution is -2.15. The van der Waals surface area contributed by atoms with Crippen molar-refractivity contribution < 1.29 is 4.79 Å². The zero-order valence-electron chi connectivity index (χ0n) is 8.85. The van der Waals surface area contributed by atoms with Crippen molar-refractivity contribution in [3.8, 4) is 0 Å². The average molecular weight is 292 g/mol. The highest BCUT2D eigenvalue weighted by molar-refractivity contribution is 9.10. The summed E-state index contributed by atoms with van der Waals surface area (Å²) in [7, 11) is 0. The van der Waals surface area contributed by atoms with Crippen LogP contribution in [0.25, 0.3) is 0 Å². The molecular formula is C12H10BrN3O. The lowest BCUT2D eigenvalue weighted by atomic mass is 10.2. The monoisotopic (exact) mass is 291 g/mol. The first-order valence-corrected chi connectivity index (χ1v) is 5.74. The van der Waals surface area contributed by atoms with E-state index >= 15 is 0 Å². The molecule has 1 aromatic heterocycles. The van der Waals surface area contributed by atoms with Gasteiger partial charge in [0, 0.05) is 10.7 Å². The van der Waals surface area contributed by atoms with E-state index in [0.717, 1.165) is 4.47 Å². The Hall–Kier alpha value is -1.88. The lowest BCUT2D eigenvalue weighted by molar-refractivity contribution is 0.102. The molecule has 17 heavy (non-hydrogen) atoms. The Kier molecular flexibility index (Phi) is 3.39. The quantitative estimate of drug-likeness (QED) is 0.894. The van der Waals surface area contributed by atoms with Gasteiger partial charge in [-0.1, -0.05) is 12.1 Å². The van der Waals surface area contributed by atoms with Crippen molar-refractivity contribution in [1.82, 2.24) is 4.98 Å². The highest BCUT2D eigenvalue weighted by atomic mass is 79.9. The molecule has 2 aromatic rings. The number of aromatic nitrogens is 1. The van der Waals surface area contributed by atoms with Gasteiger partial charge in [-0.2, -0.15) is 0 Å². The predicted octanol–water partition coefficient (Wildman–Crippen LogP) is 2.68. The number of nitrogens with zero attached hydrogens (tertiary/aromatic N) is 1. The zero-order valence-corrected chi connectivity index (χ0v) is 10.4. The van der Waals surface area contributed by atoms with Crippen LogP contribution < -0.4 is 11.1 Å². The minimum Gasteiger partial charge on any atom is -0.397 e. The van der Waals surface area contributed by atoms with Crippen LogP contribution in [0.15, 0.2) is 47.1 Å². The van der Waals surface area contributed by atoms with Gasteiger partial charge in [-0.25, -0.2) is 4.98 Å². The smallest absolute Gasteiger partial charge is 0.276 e. The number of para-hydroxylation sites is 1. The van der Waals surface area contributed by atoms with E-state index in [1.807, 2.05) is 18.2 Å². The van der Waals surface area contributed by atoms with E-state index in [9.17, 15) is 4.79 Å². The number of pyridine rings is 1.